The molecule has 2 aromatic carbocycles. The number of ether oxygens (including phenoxy) is 1. The van der Waals surface area contributed by atoms with Crippen molar-refractivity contribution < 1.29 is 19.4 Å². The minimum Gasteiger partial charge on any atom is -0.478 e. The summed E-state index contributed by atoms with van der Waals surface area (Å²) in [6, 6.07) is 16.1. The van der Waals surface area contributed by atoms with Gasteiger partial charge in [0.15, 0.2) is 0 Å². The maximum atomic E-state index is 13.2. The molecule has 0 aromatic heterocycles. The molecule has 1 amide bonds. The fourth-order valence-corrected chi connectivity index (χ4v) is 5.61. The lowest BCUT2D eigenvalue weighted by molar-refractivity contribution is 0.0171. The summed E-state index contributed by atoms with van der Waals surface area (Å²) in [7, 11) is 0. The zero-order valence-electron chi connectivity index (χ0n) is 22.2. The van der Waals surface area contributed by atoms with Crippen LogP contribution in [0.15, 0.2) is 48.5 Å². The second-order valence-electron chi connectivity index (χ2n) is 11.5. The van der Waals surface area contributed by atoms with Crippen molar-refractivity contribution in [3.8, 4) is 0 Å². The summed E-state index contributed by atoms with van der Waals surface area (Å²) in [5.74, 6) is 0.00573. The largest absolute Gasteiger partial charge is 0.478 e. The van der Waals surface area contributed by atoms with Gasteiger partial charge in [-0.25, -0.2) is 9.59 Å². The van der Waals surface area contributed by atoms with E-state index in [9.17, 15) is 9.59 Å². The first kappa shape index (κ1) is 27.9. The molecule has 7 heteroatoms. The Morgan fingerprint density at radius 3 is 2.30 bits per heavy atom. The van der Waals surface area contributed by atoms with Crippen LogP contribution in [0.4, 0.5) is 4.79 Å². The standard InChI is InChI=1S/C30H39IN2O4/c1-30(2,3)37-29(36)33(27-19-26(27)23-10-12-25(31)13-11-23)20-22-14-17-32(18-15-22)16-4-5-21-6-8-24(9-7-21)28(34)35/h6-13,22,26-27H,4-5,14-20H2,1-3H3,(H,34,35). The zero-order valence-corrected chi connectivity index (χ0v) is 24.3. The van der Waals surface area contributed by atoms with Crippen molar-refractivity contribution in [3.05, 3.63) is 68.8 Å². The van der Waals surface area contributed by atoms with Crippen molar-refractivity contribution in [3.63, 3.8) is 0 Å². The summed E-state index contributed by atoms with van der Waals surface area (Å²) in [6.45, 7) is 9.72. The molecule has 0 bridgehead atoms. The highest BCUT2D eigenvalue weighted by Gasteiger charge is 2.46. The number of carbonyl (C=O) groups is 2. The summed E-state index contributed by atoms with van der Waals surface area (Å²) < 4.78 is 7.05. The van der Waals surface area contributed by atoms with E-state index in [1.54, 1.807) is 12.1 Å². The molecule has 1 aliphatic carbocycles. The molecule has 37 heavy (non-hydrogen) atoms. The van der Waals surface area contributed by atoms with Crippen LogP contribution in [0.2, 0.25) is 0 Å². The van der Waals surface area contributed by atoms with E-state index in [4.69, 9.17) is 9.84 Å². The van der Waals surface area contributed by atoms with Gasteiger partial charge in [0, 0.05) is 22.1 Å². The van der Waals surface area contributed by atoms with Crippen LogP contribution in [0.3, 0.4) is 0 Å². The maximum absolute atomic E-state index is 13.2. The van der Waals surface area contributed by atoms with E-state index in [1.807, 2.05) is 37.8 Å². The Labute approximate surface area is 234 Å². The SMILES string of the molecule is CC(C)(C)OC(=O)N(CC1CCN(CCCc2ccc(C(=O)O)cc2)CC1)C1CC1c1ccc(I)cc1. The number of amides is 1. The second kappa shape index (κ2) is 12.2. The monoisotopic (exact) mass is 618 g/mol. The number of carboxylic acids is 1. The van der Waals surface area contributed by atoms with Gasteiger partial charge in [0.25, 0.3) is 0 Å². The van der Waals surface area contributed by atoms with E-state index < -0.39 is 11.6 Å². The van der Waals surface area contributed by atoms with Crippen molar-refractivity contribution in [2.75, 3.05) is 26.2 Å². The first-order valence-corrected chi connectivity index (χ1v) is 14.5. The molecular formula is C30H39IN2O4. The summed E-state index contributed by atoms with van der Waals surface area (Å²) in [5, 5.41) is 9.05. The first-order valence-electron chi connectivity index (χ1n) is 13.4. The second-order valence-corrected chi connectivity index (χ2v) is 12.7. The molecule has 2 aromatic rings. The predicted octanol–water partition coefficient (Wildman–Crippen LogP) is 6.43. The molecule has 0 spiro atoms. The van der Waals surface area contributed by atoms with Crippen molar-refractivity contribution in [2.45, 2.75) is 70.4 Å². The Morgan fingerprint density at radius 1 is 1.05 bits per heavy atom. The number of carbonyl (C=O) groups excluding carboxylic acids is 1. The zero-order chi connectivity index (χ0) is 26.6. The van der Waals surface area contributed by atoms with Crippen molar-refractivity contribution in [1.82, 2.24) is 9.80 Å². The summed E-state index contributed by atoms with van der Waals surface area (Å²) in [6.07, 6.45) is 5.02. The molecule has 1 saturated heterocycles. The molecule has 6 nitrogen and oxygen atoms in total. The Bertz CT molecular complexity index is 1060. The molecule has 2 fully saturated rings. The van der Waals surface area contributed by atoms with Crippen molar-refractivity contribution in [2.24, 2.45) is 5.92 Å². The average molecular weight is 619 g/mol. The topological polar surface area (TPSA) is 70.1 Å². The molecule has 200 valence electrons. The molecule has 1 heterocycles. The fourth-order valence-electron chi connectivity index (χ4n) is 5.25. The summed E-state index contributed by atoms with van der Waals surface area (Å²) in [4.78, 5) is 28.8. The van der Waals surface area contributed by atoms with Crippen LogP contribution in [0.1, 0.15) is 73.9 Å². The van der Waals surface area contributed by atoms with Crippen LogP contribution in [0.5, 0.6) is 0 Å². The minimum atomic E-state index is -0.883. The van der Waals surface area contributed by atoms with E-state index in [1.165, 1.54) is 14.7 Å². The van der Waals surface area contributed by atoms with Gasteiger partial charge in [-0.2, -0.15) is 0 Å². The van der Waals surface area contributed by atoms with Gasteiger partial charge in [-0.3, -0.25) is 0 Å². The van der Waals surface area contributed by atoms with Crippen LogP contribution in [-0.2, 0) is 11.2 Å². The molecular weight excluding hydrogens is 579 g/mol. The number of likely N-dealkylation sites (tertiary alicyclic amines) is 1. The Hall–Kier alpha value is -2.13. The van der Waals surface area contributed by atoms with Gasteiger partial charge in [-0.05, 0) is 136 Å². The number of aryl methyl sites for hydroxylation is 1. The number of aromatic carboxylic acids is 1. The fraction of sp³-hybridized carbons (Fsp3) is 0.533. The van der Waals surface area contributed by atoms with E-state index in [2.05, 4.69) is 51.8 Å². The first-order chi connectivity index (χ1) is 17.6. The number of hydrogen-bond acceptors (Lipinski definition) is 4. The van der Waals surface area contributed by atoms with Gasteiger partial charge < -0.3 is 19.6 Å². The molecule has 2 aliphatic rings. The van der Waals surface area contributed by atoms with Gasteiger partial charge >= 0.3 is 12.1 Å². The summed E-state index contributed by atoms with van der Waals surface area (Å²) in [5.41, 5.74) is 2.33. The Morgan fingerprint density at radius 2 is 1.70 bits per heavy atom. The lowest BCUT2D eigenvalue weighted by Gasteiger charge is -2.36. The Balaban J connectivity index is 1.26. The molecule has 2 atom stereocenters. The molecule has 1 saturated carbocycles. The molecule has 2 unspecified atom stereocenters. The molecule has 1 aliphatic heterocycles. The highest BCUT2D eigenvalue weighted by molar-refractivity contribution is 14.1. The number of hydrogen-bond donors (Lipinski definition) is 1. The van der Waals surface area contributed by atoms with Gasteiger partial charge in [0.05, 0.1) is 5.56 Å². The molecule has 4 rings (SSSR count). The number of rotatable bonds is 9. The highest BCUT2D eigenvalue weighted by Crippen LogP contribution is 2.45. The minimum absolute atomic E-state index is 0.179. The van der Waals surface area contributed by atoms with Crippen LogP contribution in [0.25, 0.3) is 0 Å². The van der Waals surface area contributed by atoms with Crippen molar-refractivity contribution in [1.29, 1.82) is 0 Å². The number of nitrogens with zero attached hydrogens (tertiary/aromatic N) is 2. The van der Waals surface area contributed by atoms with Gasteiger partial charge in [0.1, 0.15) is 5.60 Å². The van der Waals surface area contributed by atoms with Crippen LogP contribution < -0.4 is 0 Å². The third kappa shape index (κ3) is 8.18. The van der Waals surface area contributed by atoms with Crippen molar-refractivity contribution >= 4 is 34.7 Å². The predicted molar refractivity (Wildman–Crippen MR) is 154 cm³/mol. The Kier molecular flexibility index (Phi) is 9.16. The van der Waals surface area contributed by atoms with E-state index in [-0.39, 0.29) is 12.1 Å². The smallest absolute Gasteiger partial charge is 0.410 e. The highest BCUT2D eigenvalue weighted by atomic mass is 127. The number of halogens is 1. The average Bonchev–Trinajstić information content (AvgIpc) is 3.63. The molecule has 1 N–H and O–H groups in total. The van der Waals surface area contributed by atoms with Crippen LogP contribution >= 0.6 is 22.6 Å². The lowest BCUT2D eigenvalue weighted by Crippen LogP contribution is -2.44. The lowest BCUT2D eigenvalue weighted by atomic mass is 9.95. The normalized spacial score (nSPS) is 20.4. The van der Waals surface area contributed by atoms with Gasteiger partial charge in [-0.15, -0.1) is 0 Å². The number of carboxylic acid groups (broad SMARTS) is 1. The maximum Gasteiger partial charge on any atom is 0.410 e. The number of benzene rings is 2. The van der Waals surface area contributed by atoms with Crippen LogP contribution in [-0.4, -0.2) is 64.8 Å². The van der Waals surface area contributed by atoms with Gasteiger partial charge in [-0.1, -0.05) is 24.3 Å². The van der Waals surface area contributed by atoms with E-state index in [0.29, 0.717) is 17.4 Å². The van der Waals surface area contributed by atoms with E-state index in [0.717, 1.165) is 58.3 Å². The third-order valence-electron chi connectivity index (χ3n) is 7.39. The summed E-state index contributed by atoms with van der Waals surface area (Å²) >= 11 is 2.33. The van der Waals surface area contributed by atoms with Gasteiger partial charge in [0.2, 0.25) is 0 Å². The quantitative estimate of drug-likeness (QED) is 0.329. The molecule has 0 radical (unpaired) electrons. The third-order valence-corrected chi connectivity index (χ3v) is 8.11. The van der Waals surface area contributed by atoms with Crippen LogP contribution in [0, 0.1) is 9.49 Å². The number of piperidine rings is 1. The van der Waals surface area contributed by atoms with E-state index >= 15 is 0 Å².